The zero-order valence-electron chi connectivity index (χ0n) is 12.8. The third kappa shape index (κ3) is 2.59. The van der Waals surface area contributed by atoms with Crippen molar-refractivity contribution in [2.24, 2.45) is 0 Å². The number of hydrogen-bond acceptors (Lipinski definition) is 7. The lowest BCUT2D eigenvalue weighted by molar-refractivity contribution is -0.384. The Hall–Kier alpha value is -3.02. The molecule has 6 nitrogen and oxygen atoms in total. The van der Waals surface area contributed by atoms with E-state index in [1.165, 1.54) is 18.2 Å². The molecular weight excluding hydrogens is 358 g/mol. The van der Waals surface area contributed by atoms with Crippen LogP contribution in [0.3, 0.4) is 0 Å². The summed E-state index contributed by atoms with van der Waals surface area (Å²) in [5.74, 6) is 0.902. The largest absolute Gasteiger partial charge is 0.455 e. The van der Waals surface area contributed by atoms with E-state index < -0.39 is 4.92 Å². The molecule has 0 aliphatic heterocycles. The molecule has 0 saturated heterocycles. The van der Waals surface area contributed by atoms with E-state index in [2.05, 4.69) is 4.98 Å². The van der Waals surface area contributed by atoms with Crippen LogP contribution in [0.2, 0.25) is 0 Å². The molecule has 25 heavy (non-hydrogen) atoms. The third-order valence-electron chi connectivity index (χ3n) is 3.68. The second kappa shape index (κ2) is 5.81. The fourth-order valence-electron chi connectivity index (χ4n) is 2.60. The molecule has 122 valence electrons. The minimum atomic E-state index is -0.534. The van der Waals surface area contributed by atoms with Gasteiger partial charge in [-0.2, -0.15) is 5.26 Å². The van der Waals surface area contributed by atoms with Crippen molar-refractivity contribution in [2.45, 2.75) is 6.92 Å². The van der Waals surface area contributed by atoms with Crippen LogP contribution in [0, 0.1) is 28.4 Å². The van der Waals surface area contributed by atoms with Crippen LogP contribution in [-0.2, 0) is 0 Å². The van der Waals surface area contributed by atoms with Crippen molar-refractivity contribution in [1.82, 2.24) is 4.98 Å². The highest BCUT2D eigenvalue weighted by Gasteiger charge is 2.16. The van der Waals surface area contributed by atoms with Crippen molar-refractivity contribution in [3.8, 4) is 17.6 Å². The normalized spacial score (nSPS) is 10.9. The van der Waals surface area contributed by atoms with Crippen LogP contribution in [0.15, 0.2) is 35.7 Å². The third-order valence-corrected chi connectivity index (χ3v) is 5.52. The Morgan fingerprint density at radius 3 is 2.88 bits per heavy atom. The molecule has 2 aromatic carbocycles. The van der Waals surface area contributed by atoms with Crippen LogP contribution in [0.25, 0.3) is 20.3 Å². The minimum absolute atomic E-state index is 0.123. The molecule has 0 bridgehead atoms. The molecule has 4 rings (SSSR count). The second-order valence-corrected chi connectivity index (χ2v) is 7.42. The zero-order chi connectivity index (χ0) is 17.6. The predicted molar refractivity (Wildman–Crippen MR) is 97.6 cm³/mol. The Labute approximate surface area is 149 Å². The predicted octanol–water partition coefficient (Wildman–Crippen LogP) is 5.39. The SMILES string of the molecule is Cc1nc2c(cc(Oc3ccc([N+](=O)[O-])cc3C#N)c3ccsc32)s1. The number of hydrogen-bond donors (Lipinski definition) is 0. The molecule has 0 saturated carbocycles. The summed E-state index contributed by atoms with van der Waals surface area (Å²) in [5, 5.41) is 24.0. The van der Waals surface area contributed by atoms with Gasteiger partial charge in [0.15, 0.2) is 0 Å². The van der Waals surface area contributed by atoms with Crippen molar-refractivity contribution >= 4 is 48.7 Å². The molecule has 0 unspecified atom stereocenters. The highest BCUT2D eigenvalue weighted by Crippen LogP contribution is 2.41. The maximum atomic E-state index is 10.9. The summed E-state index contributed by atoms with van der Waals surface area (Å²) in [6, 6.07) is 9.81. The maximum absolute atomic E-state index is 10.9. The van der Waals surface area contributed by atoms with E-state index in [-0.39, 0.29) is 11.3 Å². The minimum Gasteiger partial charge on any atom is -0.455 e. The molecule has 0 atom stereocenters. The Morgan fingerprint density at radius 1 is 1.28 bits per heavy atom. The average molecular weight is 367 g/mol. The lowest BCUT2D eigenvalue weighted by Crippen LogP contribution is -1.92. The number of non-ortho nitro benzene ring substituents is 1. The number of rotatable bonds is 3. The summed E-state index contributed by atoms with van der Waals surface area (Å²) in [6.45, 7) is 1.95. The van der Waals surface area contributed by atoms with Gasteiger partial charge in [0.05, 0.1) is 24.8 Å². The first-order chi connectivity index (χ1) is 12.1. The van der Waals surface area contributed by atoms with Crippen LogP contribution >= 0.6 is 22.7 Å². The fraction of sp³-hybridized carbons (Fsp3) is 0.0588. The van der Waals surface area contributed by atoms with Gasteiger partial charge < -0.3 is 4.74 Å². The van der Waals surface area contributed by atoms with Gasteiger partial charge in [-0.1, -0.05) is 0 Å². The van der Waals surface area contributed by atoms with Gasteiger partial charge in [0.2, 0.25) is 0 Å². The van der Waals surface area contributed by atoms with Crippen molar-refractivity contribution in [1.29, 1.82) is 5.26 Å². The molecule has 8 heteroatoms. The Balaban J connectivity index is 1.86. The van der Waals surface area contributed by atoms with Crippen LogP contribution < -0.4 is 4.74 Å². The van der Waals surface area contributed by atoms with Gasteiger partial charge in [0.25, 0.3) is 5.69 Å². The standard InChI is InChI=1S/C17H9N3O3S2/c1-9-19-16-15(25-9)7-14(12-4-5-24-17(12)16)23-13-3-2-11(20(21)22)6-10(13)8-18/h2-7H,1H3. The number of nitrogens with zero attached hydrogens (tertiary/aromatic N) is 3. The first-order valence-corrected chi connectivity index (χ1v) is 8.90. The first kappa shape index (κ1) is 15.5. The number of fused-ring (bicyclic) bond motifs is 3. The number of aryl methyl sites for hydroxylation is 1. The molecule has 2 heterocycles. The van der Waals surface area contributed by atoms with Crippen molar-refractivity contribution in [3.05, 3.63) is 56.4 Å². The van der Waals surface area contributed by atoms with E-state index in [0.29, 0.717) is 11.5 Å². The molecular formula is C17H9N3O3S2. The molecule has 2 aromatic heterocycles. The molecule has 4 aromatic rings. The van der Waals surface area contributed by atoms with E-state index in [1.54, 1.807) is 22.7 Å². The number of thiophene rings is 1. The Kier molecular flexibility index (Phi) is 3.60. The zero-order valence-corrected chi connectivity index (χ0v) is 14.5. The van der Waals surface area contributed by atoms with Gasteiger partial charge in [-0.15, -0.1) is 22.7 Å². The monoisotopic (exact) mass is 367 g/mol. The highest BCUT2D eigenvalue weighted by molar-refractivity contribution is 7.21. The molecule has 0 aliphatic carbocycles. The lowest BCUT2D eigenvalue weighted by Gasteiger charge is -2.09. The van der Waals surface area contributed by atoms with Gasteiger partial charge in [0.1, 0.15) is 23.1 Å². The van der Waals surface area contributed by atoms with E-state index in [9.17, 15) is 15.4 Å². The summed E-state index contributed by atoms with van der Waals surface area (Å²) in [6.07, 6.45) is 0. The lowest BCUT2D eigenvalue weighted by atomic mass is 10.2. The second-order valence-electron chi connectivity index (χ2n) is 5.27. The quantitative estimate of drug-likeness (QED) is 0.358. The van der Waals surface area contributed by atoms with Gasteiger partial charge in [-0.05, 0) is 24.4 Å². The summed E-state index contributed by atoms with van der Waals surface area (Å²) < 4.78 is 7.99. The van der Waals surface area contributed by atoms with Crippen molar-refractivity contribution in [2.75, 3.05) is 0 Å². The van der Waals surface area contributed by atoms with E-state index in [4.69, 9.17) is 4.74 Å². The summed E-state index contributed by atoms with van der Waals surface area (Å²) >= 11 is 3.15. The number of nitriles is 1. The first-order valence-electron chi connectivity index (χ1n) is 7.20. The summed E-state index contributed by atoms with van der Waals surface area (Å²) in [4.78, 5) is 14.9. The number of nitro groups is 1. The van der Waals surface area contributed by atoms with Crippen molar-refractivity contribution in [3.63, 3.8) is 0 Å². The van der Waals surface area contributed by atoms with Gasteiger partial charge >= 0.3 is 0 Å². The Morgan fingerprint density at radius 2 is 2.12 bits per heavy atom. The topological polar surface area (TPSA) is 89.1 Å². The van der Waals surface area contributed by atoms with Gasteiger partial charge in [0, 0.05) is 23.6 Å². The Bertz CT molecular complexity index is 1190. The van der Waals surface area contributed by atoms with Crippen LogP contribution in [0.5, 0.6) is 11.5 Å². The number of ether oxygens (including phenoxy) is 1. The number of benzene rings is 2. The van der Waals surface area contributed by atoms with Gasteiger partial charge in [-0.25, -0.2) is 4.98 Å². The molecule has 0 radical (unpaired) electrons. The van der Waals surface area contributed by atoms with Crippen LogP contribution in [0.1, 0.15) is 10.6 Å². The molecule has 0 fully saturated rings. The van der Waals surface area contributed by atoms with E-state index >= 15 is 0 Å². The number of nitro benzene ring substituents is 1. The van der Waals surface area contributed by atoms with E-state index in [1.807, 2.05) is 30.5 Å². The number of aromatic nitrogens is 1. The molecule has 0 spiro atoms. The molecule has 0 N–H and O–H groups in total. The van der Waals surface area contributed by atoms with Crippen molar-refractivity contribution < 1.29 is 9.66 Å². The van der Waals surface area contributed by atoms with Gasteiger partial charge in [-0.3, -0.25) is 10.1 Å². The molecule has 0 amide bonds. The number of thiazole rings is 1. The van der Waals surface area contributed by atoms with Crippen LogP contribution in [-0.4, -0.2) is 9.91 Å². The van der Waals surface area contributed by atoms with Crippen LogP contribution in [0.4, 0.5) is 5.69 Å². The van der Waals surface area contributed by atoms with E-state index in [0.717, 1.165) is 25.3 Å². The summed E-state index contributed by atoms with van der Waals surface area (Å²) in [5.41, 5.74) is 0.931. The summed E-state index contributed by atoms with van der Waals surface area (Å²) in [7, 11) is 0. The fourth-order valence-corrected chi connectivity index (χ4v) is 4.43. The average Bonchev–Trinajstić information content (AvgIpc) is 3.20. The maximum Gasteiger partial charge on any atom is 0.271 e. The molecule has 0 aliphatic rings. The highest BCUT2D eigenvalue weighted by atomic mass is 32.1. The smallest absolute Gasteiger partial charge is 0.271 e.